The van der Waals surface area contributed by atoms with Gasteiger partial charge in [0.15, 0.2) is 0 Å². The van der Waals surface area contributed by atoms with Gasteiger partial charge in [-0.1, -0.05) is 72.8 Å². The number of carbonyl (C=O) groups excluding carboxylic acids is 3. The molecule has 42 heavy (non-hydrogen) atoms. The number of hydrogen-bond acceptors (Lipinski definition) is 8. The standard InChI is InChI=1S/C31H29NO8S.Na.H/c1-31(2,3)40-28(33)25-16-14-24(15-17-25)26-18-19-32(27(26)29(34)38-20-22-10-6-4-7-11-22)41(36,37)30(35)39-21-23-12-8-5-9-13-23;;/h4-19H,20-21H2,1-3H3;;. The van der Waals surface area contributed by atoms with Crippen LogP contribution < -0.4 is 0 Å². The minimum atomic E-state index is -4.82. The molecule has 11 heteroatoms. The zero-order chi connectivity index (χ0) is 29.6. The molecule has 1 heterocycles. The van der Waals surface area contributed by atoms with Crippen LogP contribution in [0.25, 0.3) is 11.1 Å². The van der Waals surface area contributed by atoms with E-state index in [9.17, 15) is 22.8 Å². The van der Waals surface area contributed by atoms with E-state index in [1.807, 2.05) is 6.07 Å². The van der Waals surface area contributed by atoms with Gasteiger partial charge in [0.25, 0.3) is 0 Å². The number of hydrogen-bond donors (Lipinski definition) is 0. The van der Waals surface area contributed by atoms with E-state index in [0.717, 1.165) is 6.20 Å². The number of benzene rings is 3. The van der Waals surface area contributed by atoms with Gasteiger partial charge in [0, 0.05) is 11.8 Å². The van der Waals surface area contributed by atoms with Gasteiger partial charge in [0.1, 0.15) is 24.5 Å². The van der Waals surface area contributed by atoms with Crippen LogP contribution >= 0.6 is 0 Å². The molecule has 0 saturated carbocycles. The predicted molar refractivity (Wildman–Crippen MR) is 159 cm³/mol. The van der Waals surface area contributed by atoms with Gasteiger partial charge in [-0.2, -0.15) is 8.42 Å². The fourth-order valence-corrected chi connectivity index (χ4v) is 4.84. The zero-order valence-corrected chi connectivity index (χ0v) is 23.6. The van der Waals surface area contributed by atoms with E-state index >= 15 is 0 Å². The van der Waals surface area contributed by atoms with E-state index < -0.39 is 32.9 Å². The third kappa shape index (κ3) is 8.19. The predicted octanol–water partition coefficient (Wildman–Crippen LogP) is 5.33. The Kier molecular flexibility index (Phi) is 10.9. The van der Waals surface area contributed by atoms with Gasteiger partial charge in [0.2, 0.25) is 0 Å². The average molecular weight is 600 g/mol. The van der Waals surface area contributed by atoms with Crippen LogP contribution in [0.2, 0.25) is 0 Å². The quantitative estimate of drug-likeness (QED) is 0.151. The molecule has 0 spiro atoms. The summed E-state index contributed by atoms with van der Waals surface area (Å²) in [6.45, 7) is 4.86. The monoisotopic (exact) mass is 599 g/mol. The molecule has 0 radical (unpaired) electrons. The first kappa shape index (κ1) is 32.8. The molecular formula is C31H30NNaO8S. The van der Waals surface area contributed by atoms with Crippen LogP contribution in [0.15, 0.2) is 97.2 Å². The number of nitrogens with zero attached hydrogens (tertiary/aromatic N) is 1. The topological polar surface area (TPSA) is 118 Å². The summed E-state index contributed by atoms with van der Waals surface area (Å²) in [6, 6.07) is 24.9. The van der Waals surface area contributed by atoms with E-state index in [1.54, 1.807) is 87.5 Å². The summed E-state index contributed by atoms with van der Waals surface area (Å²) in [5, 5.41) is -1.53. The summed E-state index contributed by atoms with van der Waals surface area (Å²) in [5.74, 6) is -1.50. The van der Waals surface area contributed by atoms with Crippen LogP contribution in [-0.2, 0) is 37.4 Å². The van der Waals surface area contributed by atoms with Crippen molar-refractivity contribution < 1.29 is 37.0 Å². The van der Waals surface area contributed by atoms with Crippen LogP contribution in [-0.4, -0.2) is 64.8 Å². The number of esters is 2. The molecule has 0 amide bonds. The van der Waals surface area contributed by atoms with E-state index in [1.165, 1.54) is 18.2 Å². The summed E-state index contributed by atoms with van der Waals surface area (Å²) in [5.41, 5.74) is 1.07. The van der Waals surface area contributed by atoms with E-state index in [4.69, 9.17) is 14.2 Å². The summed E-state index contributed by atoms with van der Waals surface area (Å²) in [7, 11) is -4.82. The van der Waals surface area contributed by atoms with Crippen LogP contribution in [0.4, 0.5) is 4.79 Å². The fourth-order valence-electron chi connectivity index (χ4n) is 3.83. The Morgan fingerprint density at radius 3 is 1.76 bits per heavy atom. The van der Waals surface area contributed by atoms with Crippen molar-refractivity contribution in [1.82, 2.24) is 3.97 Å². The summed E-state index contributed by atoms with van der Waals surface area (Å²) < 4.78 is 43.0. The van der Waals surface area contributed by atoms with Crippen LogP contribution in [0.3, 0.4) is 0 Å². The van der Waals surface area contributed by atoms with E-state index in [2.05, 4.69) is 0 Å². The average Bonchev–Trinajstić information content (AvgIpc) is 3.41. The van der Waals surface area contributed by atoms with Gasteiger partial charge in [-0.05, 0) is 55.7 Å². The molecule has 0 atom stereocenters. The SMILES string of the molecule is CC(C)(C)OC(=O)c1ccc(-c2ccn(S(=O)(=O)C(=O)OCc3ccccc3)c2C(=O)OCc2ccccc2)cc1.[NaH]. The van der Waals surface area contributed by atoms with Crippen LogP contribution in [0.5, 0.6) is 0 Å². The van der Waals surface area contributed by atoms with Crippen molar-refractivity contribution in [1.29, 1.82) is 0 Å². The maximum absolute atomic E-state index is 13.3. The molecule has 9 nitrogen and oxygen atoms in total. The first-order valence-corrected chi connectivity index (χ1v) is 14.1. The number of rotatable bonds is 8. The summed E-state index contributed by atoms with van der Waals surface area (Å²) in [4.78, 5) is 38.5. The molecule has 4 rings (SSSR count). The first-order chi connectivity index (χ1) is 19.5. The number of ether oxygens (including phenoxy) is 3. The molecule has 0 fully saturated rings. The van der Waals surface area contributed by atoms with E-state index in [-0.39, 0.29) is 59.6 Å². The number of carbonyl (C=O) groups is 3. The third-order valence-electron chi connectivity index (χ3n) is 5.76. The third-order valence-corrected chi connectivity index (χ3v) is 7.12. The van der Waals surface area contributed by atoms with Gasteiger partial charge in [-0.25, -0.2) is 18.4 Å². The molecular weight excluding hydrogens is 569 g/mol. The Labute approximate surface area is 266 Å². The number of aromatic nitrogens is 1. The maximum atomic E-state index is 13.3. The molecule has 3 aromatic carbocycles. The molecule has 0 aliphatic rings. The molecule has 214 valence electrons. The second-order valence-corrected chi connectivity index (χ2v) is 11.7. The van der Waals surface area contributed by atoms with E-state index in [0.29, 0.717) is 20.7 Å². The van der Waals surface area contributed by atoms with Crippen molar-refractivity contribution in [2.75, 3.05) is 0 Å². The van der Waals surface area contributed by atoms with Crippen LogP contribution in [0, 0.1) is 0 Å². The van der Waals surface area contributed by atoms with Gasteiger partial charge in [-0.3, -0.25) is 0 Å². The molecule has 0 aliphatic carbocycles. The van der Waals surface area contributed by atoms with Crippen LogP contribution in [0.1, 0.15) is 52.7 Å². The van der Waals surface area contributed by atoms with Gasteiger partial charge < -0.3 is 14.2 Å². The zero-order valence-electron chi connectivity index (χ0n) is 22.8. The molecule has 0 bridgehead atoms. The minimum absolute atomic E-state index is 0. The van der Waals surface area contributed by atoms with Gasteiger partial charge in [-0.15, -0.1) is 0 Å². The van der Waals surface area contributed by atoms with Crippen molar-refractivity contribution in [3.63, 3.8) is 0 Å². The first-order valence-electron chi connectivity index (χ1n) is 12.7. The summed E-state index contributed by atoms with van der Waals surface area (Å²) >= 11 is 0. The Bertz CT molecular complexity index is 1640. The van der Waals surface area contributed by atoms with Crippen molar-refractivity contribution in [2.24, 2.45) is 0 Å². The molecule has 4 aromatic rings. The molecule has 0 aliphatic heterocycles. The van der Waals surface area contributed by atoms with Gasteiger partial charge >= 0.3 is 56.8 Å². The Balaban J connectivity index is 0.00000484. The molecule has 0 saturated heterocycles. The van der Waals surface area contributed by atoms with Crippen molar-refractivity contribution in [3.8, 4) is 11.1 Å². The fraction of sp³-hybridized carbons (Fsp3) is 0.194. The van der Waals surface area contributed by atoms with Gasteiger partial charge in [0.05, 0.1) is 5.56 Å². The second kappa shape index (κ2) is 14.0. The van der Waals surface area contributed by atoms with Crippen molar-refractivity contribution in [3.05, 3.63) is 120 Å². The van der Waals surface area contributed by atoms with Crippen molar-refractivity contribution in [2.45, 2.75) is 39.6 Å². The molecule has 1 aromatic heterocycles. The Morgan fingerprint density at radius 2 is 1.24 bits per heavy atom. The normalized spacial score (nSPS) is 11.2. The Hall–Kier alpha value is -3.70. The second-order valence-electron chi connectivity index (χ2n) is 10.0. The van der Waals surface area contributed by atoms with Crippen molar-refractivity contribution >= 4 is 56.8 Å². The molecule has 0 unspecified atom stereocenters. The summed E-state index contributed by atoms with van der Waals surface area (Å²) in [6.07, 6.45) is 1.09. The molecule has 0 N–H and O–H groups in total. The Morgan fingerprint density at radius 1 is 0.714 bits per heavy atom.